The maximum atomic E-state index is 12.9. The molecular weight excluding hydrogens is 562 g/mol. The van der Waals surface area contributed by atoms with Crippen molar-refractivity contribution < 1.29 is 19.1 Å². The molecule has 1 saturated heterocycles. The fourth-order valence-corrected chi connectivity index (χ4v) is 5.39. The molecule has 4 aromatic heterocycles. The molecule has 2 aliphatic carbocycles. The summed E-state index contributed by atoms with van der Waals surface area (Å²) in [4.78, 5) is 56.4. The van der Waals surface area contributed by atoms with Gasteiger partial charge in [-0.2, -0.15) is 9.97 Å². The lowest BCUT2D eigenvalue weighted by molar-refractivity contribution is -0.118. The summed E-state index contributed by atoms with van der Waals surface area (Å²) in [5.74, 6) is 0.439. The van der Waals surface area contributed by atoms with Crippen LogP contribution in [0.15, 0.2) is 42.9 Å². The molecule has 2 saturated carbocycles. The molecule has 0 bridgehead atoms. The summed E-state index contributed by atoms with van der Waals surface area (Å²) >= 11 is 6.08. The molecule has 1 aliphatic heterocycles. The summed E-state index contributed by atoms with van der Waals surface area (Å²) < 4.78 is 7.15. The minimum Gasteiger partial charge on any atom is -0.467 e. The van der Waals surface area contributed by atoms with Crippen molar-refractivity contribution in [2.75, 3.05) is 29.2 Å². The summed E-state index contributed by atoms with van der Waals surface area (Å²) in [5, 5.41) is 9.00. The predicted octanol–water partition coefficient (Wildman–Crippen LogP) is 3.47. The third kappa shape index (κ3) is 5.18. The molecule has 0 aromatic carbocycles. The van der Waals surface area contributed by atoms with Crippen LogP contribution in [0.1, 0.15) is 48.0 Å². The Morgan fingerprint density at radius 2 is 1.98 bits per heavy atom. The van der Waals surface area contributed by atoms with Gasteiger partial charge in [0.2, 0.25) is 11.8 Å². The van der Waals surface area contributed by atoms with Crippen LogP contribution in [0.4, 0.5) is 22.1 Å². The second-order valence-corrected chi connectivity index (χ2v) is 11.1. The highest BCUT2D eigenvalue weighted by Gasteiger charge is 2.45. The highest BCUT2D eigenvalue weighted by molar-refractivity contribution is 6.30. The first-order valence-corrected chi connectivity index (χ1v) is 13.9. The van der Waals surface area contributed by atoms with Crippen molar-refractivity contribution in [3.05, 3.63) is 64.8 Å². The number of aromatic nitrogens is 5. The average molecular weight is 588 g/mol. The highest BCUT2D eigenvalue weighted by atomic mass is 35.5. The summed E-state index contributed by atoms with van der Waals surface area (Å²) in [6.45, 7) is 0.249. The van der Waals surface area contributed by atoms with E-state index >= 15 is 0 Å². The first-order valence-electron chi connectivity index (χ1n) is 13.6. The number of imidazole rings is 1. The van der Waals surface area contributed by atoms with Gasteiger partial charge in [-0.1, -0.05) is 11.6 Å². The second kappa shape index (κ2) is 10.2. The second-order valence-electron chi connectivity index (χ2n) is 10.7. The maximum absolute atomic E-state index is 12.9. The Hall–Kier alpha value is -4.78. The molecule has 4 aromatic rings. The summed E-state index contributed by atoms with van der Waals surface area (Å²) in [6, 6.07) is 6.70. The number of hydrogen-bond acceptors (Lipinski definition) is 9. The van der Waals surface area contributed by atoms with Gasteiger partial charge in [0.15, 0.2) is 5.65 Å². The summed E-state index contributed by atoms with van der Waals surface area (Å²) in [6.07, 6.45) is 8.40. The van der Waals surface area contributed by atoms with E-state index in [2.05, 4.69) is 30.9 Å². The number of urea groups is 1. The lowest BCUT2D eigenvalue weighted by Gasteiger charge is -2.15. The van der Waals surface area contributed by atoms with Crippen LogP contribution in [0.3, 0.4) is 0 Å². The molecule has 2 atom stereocenters. The van der Waals surface area contributed by atoms with Crippen LogP contribution < -0.4 is 25.6 Å². The Labute approximate surface area is 244 Å². The van der Waals surface area contributed by atoms with Crippen LogP contribution in [0, 0.1) is 5.92 Å². The van der Waals surface area contributed by atoms with E-state index in [0.29, 0.717) is 52.6 Å². The van der Waals surface area contributed by atoms with E-state index in [0.717, 1.165) is 24.1 Å². The zero-order chi connectivity index (χ0) is 29.0. The van der Waals surface area contributed by atoms with Crippen molar-refractivity contribution in [2.45, 2.75) is 37.6 Å². The van der Waals surface area contributed by atoms with Gasteiger partial charge < -0.3 is 19.8 Å². The molecule has 3 aliphatic rings. The van der Waals surface area contributed by atoms with Gasteiger partial charge in [-0.25, -0.2) is 9.78 Å². The van der Waals surface area contributed by atoms with Crippen molar-refractivity contribution >= 4 is 52.4 Å². The minimum atomic E-state index is -0.457. The molecule has 3 fully saturated rings. The SMILES string of the molecule is COc1nc(NCc2cn3cc(C4CC4)cc(N4CC(=O)NC4=O)c3n2)cc(NC(=O)[C@H]2CC2c2cc(Cl)ccn2)n1. The maximum Gasteiger partial charge on any atom is 0.329 e. The number of halogens is 1. The molecule has 0 spiro atoms. The Balaban J connectivity index is 1.08. The third-order valence-electron chi connectivity index (χ3n) is 7.58. The molecule has 42 heavy (non-hydrogen) atoms. The Kier molecular flexibility index (Phi) is 6.38. The van der Waals surface area contributed by atoms with E-state index in [1.54, 1.807) is 24.4 Å². The van der Waals surface area contributed by atoms with E-state index in [1.165, 1.54) is 12.0 Å². The molecule has 7 rings (SSSR count). The van der Waals surface area contributed by atoms with Gasteiger partial charge in [-0.15, -0.1) is 0 Å². The quantitative estimate of drug-likeness (QED) is 0.250. The molecule has 5 heterocycles. The van der Waals surface area contributed by atoms with Gasteiger partial charge in [0.1, 0.15) is 18.2 Å². The van der Waals surface area contributed by atoms with Gasteiger partial charge in [0.25, 0.3) is 0 Å². The number of carbonyl (C=O) groups is 3. The van der Waals surface area contributed by atoms with Crippen LogP contribution in [0.2, 0.25) is 5.02 Å². The van der Waals surface area contributed by atoms with Crippen LogP contribution >= 0.6 is 11.6 Å². The first kappa shape index (κ1) is 26.1. The molecule has 4 amide bonds. The molecule has 3 N–H and O–H groups in total. The largest absolute Gasteiger partial charge is 0.467 e. The molecule has 214 valence electrons. The zero-order valence-electron chi connectivity index (χ0n) is 22.5. The fraction of sp³-hybridized carbons (Fsp3) is 0.321. The topological polar surface area (TPSA) is 156 Å². The number of anilines is 3. The normalized spacial score (nSPS) is 19.6. The number of pyridine rings is 2. The number of ether oxygens (including phenoxy) is 1. The van der Waals surface area contributed by atoms with Crippen LogP contribution in [-0.2, 0) is 16.1 Å². The van der Waals surface area contributed by atoms with Crippen LogP contribution in [-0.4, -0.2) is 55.8 Å². The van der Waals surface area contributed by atoms with E-state index in [-0.39, 0.29) is 36.2 Å². The number of hydrogen-bond donors (Lipinski definition) is 3. The van der Waals surface area contributed by atoms with Gasteiger partial charge in [-0.05, 0) is 48.9 Å². The number of nitrogens with zero attached hydrogens (tertiary/aromatic N) is 6. The molecule has 0 radical (unpaired) electrons. The number of amides is 4. The van der Waals surface area contributed by atoms with Gasteiger partial charge in [0.05, 0.1) is 25.0 Å². The van der Waals surface area contributed by atoms with Crippen molar-refractivity contribution in [2.24, 2.45) is 5.92 Å². The summed E-state index contributed by atoms with van der Waals surface area (Å²) in [5.41, 5.74) is 3.75. The Morgan fingerprint density at radius 1 is 1.14 bits per heavy atom. The van der Waals surface area contributed by atoms with Crippen molar-refractivity contribution in [1.29, 1.82) is 0 Å². The van der Waals surface area contributed by atoms with E-state index < -0.39 is 6.03 Å². The van der Waals surface area contributed by atoms with Gasteiger partial charge >= 0.3 is 12.0 Å². The highest BCUT2D eigenvalue weighted by Crippen LogP contribution is 2.47. The Morgan fingerprint density at radius 3 is 2.71 bits per heavy atom. The number of fused-ring (bicyclic) bond motifs is 1. The molecule has 13 nitrogen and oxygen atoms in total. The minimum absolute atomic E-state index is 0.00940. The van der Waals surface area contributed by atoms with Crippen LogP contribution in [0.5, 0.6) is 6.01 Å². The first-order chi connectivity index (χ1) is 20.3. The standard InChI is InChI=1S/C28H26ClN9O4/c1-42-27-34-22(9-23(35-27)33-26(40)19-8-18(19)20-7-16(29)4-5-30-20)31-10-17-12-37-11-15(14-2-3-14)6-21(25(37)32-17)38-13-24(39)36-28(38)41/h4-7,9,11-12,14,18-19H,2-3,8,10,13H2,1H3,(H,36,39,41)(H2,31,33,34,35,40)/t18?,19-/m0/s1. The average Bonchev–Trinajstić information content (AvgIpc) is 3.89. The van der Waals surface area contributed by atoms with Crippen molar-refractivity contribution in [1.82, 2.24) is 29.7 Å². The fourth-order valence-electron chi connectivity index (χ4n) is 5.22. The smallest absolute Gasteiger partial charge is 0.329 e. The van der Waals surface area contributed by atoms with Crippen molar-refractivity contribution in [3.8, 4) is 6.01 Å². The number of carbonyl (C=O) groups excluding carboxylic acids is 3. The van der Waals surface area contributed by atoms with E-state index in [4.69, 9.17) is 21.3 Å². The summed E-state index contributed by atoms with van der Waals surface area (Å²) in [7, 11) is 1.45. The lowest BCUT2D eigenvalue weighted by atomic mass is 10.1. The predicted molar refractivity (Wildman–Crippen MR) is 153 cm³/mol. The molecule has 14 heteroatoms. The monoisotopic (exact) mass is 587 g/mol. The van der Waals surface area contributed by atoms with Crippen LogP contribution in [0.25, 0.3) is 5.65 Å². The zero-order valence-corrected chi connectivity index (χ0v) is 23.3. The van der Waals surface area contributed by atoms with Gasteiger partial charge in [0, 0.05) is 47.2 Å². The number of methoxy groups -OCH3 is 1. The third-order valence-corrected chi connectivity index (χ3v) is 7.81. The number of rotatable bonds is 9. The van der Waals surface area contributed by atoms with Crippen molar-refractivity contribution in [3.63, 3.8) is 0 Å². The molecule has 1 unspecified atom stereocenters. The molecular formula is C28H26ClN9O4. The lowest BCUT2D eigenvalue weighted by Crippen LogP contribution is -2.28. The van der Waals surface area contributed by atoms with Gasteiger partial charge in [-0.3, -0.25) is 24.8 Å². The number of imide groups is 1. The Bertz CT molecular complexity index is 1750. The van der Waals surface area contributed by atoms with E-state index in [1.807, 2.05) is 22.9 Å². The van der Waals surface area contributed by atoms with E-state index in [9.17, 15) is 14.4 Å². The number of nitrogens with one attached hydrogen (secondary N) is 3.